The summed E-state index contributed by atoms with van der Waals surface area (Å²) in [5, 5.41) is 9.32. The standard InChI is InChI=1S/C3H3NO2S/c1-3(5)6-7-2-4/h1H3. The van der Waals surface area contributed by atoms with E-state index in [1.54, 1.807) is 5.40 Å². The number of nitriles is 1. The van der Waals surface area contributed by atoms with Crippen molar-refractivity contribution in [3.63, 3.8) is 0 Å². The molecule has 0 amide bonds. The molecule has 0 saturated carbocycles. The Kier molecular flexibility index (Phi) is 3.15. The van der Waals surface area contributed by atoms with Crippen molar-refractivity contribution in [1.82, 2.24) is 0 Å². The predicted molar refractivity (Wildman–Crippen MR) is 25.0 cm³/mol. The van der Waals surface area contributed by atoms with Crippen molar-refractivity contribution in [2.24, 2.45) is 0 Å². The van der Waals surface area contributed by atoms with E-state index < -0.39 is 5.97 Å². The summed E-state index contributed by atoms with van der Waals surface area (Å²) in [4.78, 5) is 9.81. The Morgan fingerprint density at radius 1 is 2.00 bits per heavy atom. The first-order chi connectivity index (χ1) is 3.27. The number of rotatable bonds is 1. The van der Waals surface area contributed by atoms with E-state index in [9.17, 15) is 4.79 Å². The van der Waals surface area contributed by atoms with Gasteiger partial charge in [-0.05, 0) is 0 Å². The van der Waals surface area contributed by atoms with Gasteiger partial charge in [0.05, 0.1) is 0 Å². The first kappa shape index (κ1) is 6.31. The normalized spacial score (nSPS) is 6.86. The van der Waals surface area contributed by atoms with Gasteiger partial charge < -0.3 is 4.18 Å². The van der Waals surface area contributed by atoms with Gasteiger partial charge in [0.2, 0.25) is 0 Å². The summed E-state index contributed by atoms with van der Waals surface area (Å²) in [7, 11) is 0. The van der Waals surface area contributed by atoms with Crippen molar-refractivity contribution in [3.05, 3.63) is 0 Å². The number of hydrogen-bond acceptors (Lipinski definition) is 4. The number of carbonyl (C=O) groups excluding carboxylic acids is 1. The molecule has 0 aliphatic heterocycles. The molecule has 4 heteroatoms. The molecule has 3 nitrogen and oxygen atoms in total. The van der Waals surface area contributed by atoms with Gasteiger partial charge in [-0.1, -0.05) is 0 Å². The van der Waals surface area contributed by atoms with Crippen LogP contribution in [0, 0.1) is 10.7 Å². The minimum absolute atomic E-state index is 0.452. The van der Waals surface area contributed by atoms with E-state index in [1.165, 1.54) is 6.92 Å². The molecule has 0 N–H and O–H groups in total. The maximum Gasteiger partial charge on any atom is 0.315 e. The molecule has 0 aromatic carbocycles. The molecule has 38 valence electrons. The van der Waals surface area contributed by atoms with Crippen LogP contribution in [0.2, 0.25) is 0 Å². The van der Waals surface area contributed by atoms with Gasteiger partial charge in [-0.3, -0.25) is 4.79 Å². The van der Waals surface area contributed by atoms with Gasteiger partial charge in [-0.2, -0.15) is 5.26 Å². The third kappa shape index (κ3) is 5.31. The van der Waals surface area contributed by atoms with Crippen LogP contribution >= 0.6 is 12.0 Å². The van der Waals surface area contributed by atoms with Crippen LogP contribution in [0.15, 0.2) is 0 Å². The second-order valence-electron chi connectivity index (χ2n) is 0.750. The highest BCUT2D eigenvalue weighted by Crippen LogP contribution is 1.96. The molecule has 0 radical (unpaired) electrons. The van der Waals surface area contributed by atoms with Gasteiger partial charge in [0, 0.05) is 6.92 Å². The molecule has 0 bridgehead atoms. The maximum absolute atomic E-state index is 9.81. The summed E-state index contributed by atoms with van der Waals surface area (Å²) in [5.74, 6) is -0.452. The van der Waals surface area contributed by atoms with Gasteiger partial charge >= 0.3 is 5.97 Å². The fourth-order valence-corrected chi connectivity index (χ4v) is 0.232. The lowest BCUT2D eigenvalue weighted by atomic mass is 10.9. The van der Waals surface area contributed by atoms with E-state index in [2.05, 4.69) is 4.18 Å². The van der Waals surface area contributed by atoms with Crippen molar-refractivity contribution < 1.29 is 8.98 Å². The summed E-state index contributed by atoms with van der Waals surface area (Å²) in [5.41, 5.74) is 0. The lowest BCUT2D eigenvalue weighted by Gasteiger charge is -1.83. The molecule has 0 aromatic heterocycles. The van der Waals surface area contributed by atoms with Crippen molar-refractivity contribution in [1.29, 1.82) is 5.26 Å². The summed E-state index contributed by atoms with van der Waals surface area (Å²) >= 11 is 0.472. The van der Waals surface area contributed by atoms with E-state index in [0.29, 0.717) is 12.0 Å². The van der Waals surface area contributed by atoms with Crippen molar-refractivity contribution in [2.45, 2.75) is 6.92 Å². The summed E-state index contributed by atoms with van der Waals surface area (Å²) in [6.07, 6.45) is 0. The summed E-state index contributed by atoms with van der Waals surface area (Å²) in [6, 6.07) is 0. The van der Waals surface area contributed by atoms with E-state index in [-0.39, 0.29) is 0 Å². The third-order valence-electron chi connectivity index (χ3n) is 0.196. The highest BCUT2D eigenvalue weighted by atomic mass is 32.2. The van der Waals surface area contributed by atoms with Crippen LogP contribution in [0.25, 0.3) is 0 Å². The SMILES string of the molecule is CC(=O)OSC#N. The Bertz CT molecular complexity index is 106. The van der Waals surface area contributed by atoms with E-state index in [4.69, 9.17) is 5.26 Å². The fourth-order valence-electron chi connectivity index (χ4n) is 0.0773. The fraction of sp³-hybridized carbons (Fsp3) is 0.333. The largest absolute Gasteiger partial charge is 0.375 e. The van der Waals surface area contributed by atoms with Crippen LogP contribution in [0.1, 0.15) is 6.92 Å². The smallest absolute Gasteiger partial charge is 0.315 e. The molecule has 0 spiro atoms. The maximum atomic E-state index is 9.81. The molecule has 0 atom stereocenters. The van der Waals surface area contributed by atoms with Crippen LogP contribution < -0.4 is 0 Å². The number of thiocyanates is 1. The topological polar surface area (TPSA) is 50.1 Å². The zero-order valence-corrected chi connectivity index (χ0v) is 4.49. The zero-order valence-electron chi connectivity index (χ0n) is 3.67. The van der Waals surface area contributed by atoms with Crippen LogP contribution in [-0.4, -0.2) is 5.97 Å². The van der Waals surface area contributed by atoms with Gasteiger partial charge in [0.25, 0.3) is 0 Å². The molecule has 0 unspecified atom stereocenters. The molecular formula is C3H3NO2S. The second kappa shape index (κ2) is 3.50. The van der Waals surface area contributed by atoms with Crippen molar-refractivity contribution >= 4 is 18.0 Å². The molecule has 0 saturated heterocycles. The number of nitrogens with zero attached hydrogens (tertiary/aromatic N) is 1. The van der Waals surface area contributed by atoms with Crippen molar-refractivity contribution in [3.8, 4) is 5.40 Å². The minimum Gasteiger partial charge on any atom is -0.375 e. The van der Waals surface area contributed by atoms with Crippen LogP contribution in [0.3, 0.4) is 0 Å². The zero-order chi connectivity index (χ0) is 5.70. The Hall–Kier alpha value is -0.690. The first-order valence-corrected chi connectivity index (χ1v) is 2.24. The minimum atomic E-state index is -0.452. The highest BCUT2D eigenvalue weighted by Gasteiger charge is 1.87. The van der Waals surface area contributed by atoms with Crippen LogP contribution in [0.4, 0.5) is 0 Å². The molecule has 0 aromatic rings. The molecule has 0 fully saturated rings. The number of hydrogen-bond donors (Lipinski definition) is 0. The lowest BCUT2D eigenvalue weighted by Crippen LogP contribution is -1.86. The molecule has 0 rings (SSSR count). The quantitative estimate of drug-likeness (QED) is 0.374. The van der Waals surface area contributed by atoms with Gasteiger partial charge in [0.1, 0.15) is 0 Å². The van der Waals surface area contributed by atoms with E-state index in [1.807, 2.05) is 0 Å². The average molecular weight is 117 g/mol. The van der Waals surface area contributed by atoms with Gasteiger partial charge in [-0.25, -0.2) is 0 Å². The van der Waals surface area contributed by atoms with Gasteiger partial charge in [0.15, 0.2) is 17.4 Å². The molecule has 0 aliphatic carbocycles. The Labute approximate surface area is 45.5 Å². The van der Waals surface area contributed by atoms with Crippen LogP contribution in [-0.2, 0) is 8.98 Å². The van der Waals surface area contributed by atoms with Gasteiger partial charge in [-0.15, -0.1) is 0 Å². The van der Waals surface area contributed by atoms with Crippen molar-refractivity contribution in [2.75, 3.05) is 0 Å². The third-order valence-corrected chi connectivity index (χ3v) is 0.589. The van der Waals surface area contributed by atoms with E-state index in [0.717, 1.165) is 0 Å². The number of carbonyl (C=O) groups is 1. The molecule has 7 heavy (non-hydrogen) atoms. The lowest BCUT2D eigenvalue weighted by molar-refractivity contribution is -0.130. The summed E-state index contributed by atoms with van der Waals surface area (Å²) < 4.78 is 4.11. The Morgan fingerprint density at radius 2 is 2.57 bits per heavy atom. The Morgan fingerprint density at radius 3 is 2.71 bits per heavy atom. The average Bonchev–Trinajstić information content (AvgIpc) is 1.61. The highest BCUT2D eigenvalue weighted by molar-refractivity contribution is 7.99. The molecule has 0 heterocycles. The second-order valence-corrected chi connectivity index (χ2v) is 1.27. The summed E-state index contributed by atoms with van der Waals surface area (Å²) in [6.45, 7) is 1.24. The van der Waals surface area contributed by atoms with E-state index >= 15 is 0 Å². The Balaban J connectivity index is 3.02. The first-order valence-electron chi connectivity index (χ1n) is 1.50. The monoisotopic (exact) mass is 117 g/mol. The predicted octanol–water partition coefficient (Wildman–Crippen LogP) is 0.679. The molecule has 0 aliphatic rings. The van der Waals surface area contributed by atoms with Crippen LogP contribution in [0.5, 0.6) is 0 Å². The molecular weight excluding hydrogens is 114 g/mol.